The highest BCUT2D eigenvalue weighted by Crippen LogP contribution is 1.99. The fourth-order valence-corrected chi connectivity index (χ4v) is 2.06. The van der Waals surface area contributed by atoms with E-state index in [0.29, 0.717) is 0 Å². The van der Waals surface area contributed by atoms with Crippen LogP contribution in [0.15, 0.2) is 0 Å². The van der Waals surface area contributed by atoms with Gasteiger partial charge in [0.2, 0.25) is 29.5 Å². The summed E-state index contributed by atoms with van der Waals surface area (Å²) in [6.45, 7) is -1.01. The summed E-state index contributed by atoms with van der Waals surface area (Å²) in [4.78, 5) is 66.6. The van der Waals surface area contributed by atoms with Crippen molar-refractivity contribution in [2.24, 2.45) is 0 Å². The number of hydrogen-bond donors (Lipinski definition) is 0. The van der Waals surface area contributed by atoms with Gasteiger partial charge in [0.25, 0.3) is 0 Å². The summed E-state index contributed by atoms with van der Waals surface area (Å²) < 4.78 is 0. The van der Waals surface area contributed by atoms with Gasteiger partial charge in [-0.15, -0.1) is 0 Å². The van der Waals surface area contributed by atoms with E-state index in [1.54, 1.807) is 0 Å². The maximum Gasteiger partial charge on any atom is 0.242 e. The van der Waals surface area contributed by atoms with Gasteiger partial charge in [0.05, 0.1) is 32.7 Å². The minimum Gasteiger partial charge on any atom is -0.335 e. The highest BCUT2D eigenvalue weighted by molar-refractivity contribution is 5.92. The number of carbonyl (C=O) groups excluding carboxylic acids is 5. The summed E-state index contributed by atoms with van der Waals surface area (Å²) in [5.41, 5.74) is 0. The van der Waals surface area contributed by atoms with Crippen LogP contribution in [0.5, 0.6) is 0 Å². The Kier molecular flexibility index (Phi) is 6.89. The maximum atomic E-state index is 12.1. The number of likely N-dealkylation sites (N-methyl/N-ethyl adjacent to an activating group) is 5. The zero-order chi connectivity index (χ0) is 19.3. The van der Waals surface area contributed by atoms with Crippen molar-refractivity contribution in [3.8, 4) is 0 Å². The van der Waals surface area contributed by atoms with E-state index < -0.39 is 29.5 Å². The van der Waals surface area contributed by atoms with Gasteiger partial charge in [-0.25, -0.2) is 0 Å². The summed E-state index contributed by atoms with van der Waals surface area (Å²) in [6.07, 6.45) is 0. The van der Waals surface area contributed by atoms with Crippen LogP contribution in [0, 0.1) is 0 Å². The van der Waals surface area contributed by atoms with Crippen LogP contribution >= 0.6 is 0 Å². The van der Waals surface area contributed by atoms with Crippen molar-refractivity contribution in [3.63, 3.8) is 0 Å². The summed E-state index contributed by atoms with van der Waals surface area (Å²) in [6, 6.07) is 0. The Bertz CT molecular complexity index is 463. The number of carbonyl (C=O) groups is 5. The summed E-state index contributed by atoms with van der Waals surface area (Å²) in [5.74, 6) is -2.06. The molecule has 0 spiro atoms. The Balaban J connectivity index is 3.01. The molecule has 140 valence electrons. The van der Waals surface area contributed by atoms with E-state index >= 15 is 0 Å². The van der Waals surface area contributed by atoms with E-state index in [0.717, 1.165) is 0 Å². The maximum absolute atomic E-state index is 12.1. The molecule has 1 aliphatic heterocycles. The molecule has 1 aliphatic rings. The minimum absolute atomic E-state index is 0.201. The van der Waals surface area contributed by atoms with Crippen molar-refractivity contribution in [3.05, 3.63) is 0 Å². The largest absolute Gasteiger partial charge is 0.335 e. The molecule has 0 aromatic heterocycles. The number of nitrogens with zero attached hydrogens (tertiary/aromatic N) is 5. The van der Waals surface area contributed by atoms with E-state index in [2.05, 4.69) is 0 Å². The third-order valence-corrected chi connectivity index (χ3v) is 3.99. The van der Waals surface area contributed by atoms with Crippen LogP contribution < -0.4 is 0 Å². The fraction of sp³-hybridized carbons (Fsp3) is 0.667. The highest BCUT2D eigenvalue weighted by atomic mass is 16.2. The first-order valence-corrected chi connectivity index (χ1v) is 7.72. The van der Waals surface area contributed by atoms with Gasteiger partial charge in [-0.1, -0.05) is 0 Å². The topological polar surface area (TPSA) is 102 Å². The second kappa shape index (κ2) is 8.45. The molecule has 1 heterocycles. The zero-order valence-electron chi connectivity index (χ0n) is 15.3. The Morgan fingerprint density at radius 2 is 0.520 bits per heavy atom. The Labute approximate surface area is 146 Å². The van der Waals surface area contributed by atoms with E-state index in [-0.39, 0.29) is 32.7 Å². The molecular weight excluding hydrogens is 330 g/mol. The molecular formula is C15H25N5O5. The van der Waals surface area contributed by atoms with Gasteiger partial charge >= 0.3 is 0 Å². The SMILES string of the molecule is CN1CC(=O)N(C)CC(=O)N(C)CC(=O)N(C)CC(=O)N(C)CC1=O. The van der Waals surface area contributed by atoms with Crippen LogP contribution in [-0.4, -0.2) is 122 Å². The van der Waals surface area contributed by atoms with Crippen molar-refractivity contribution in [2.75, 3.05) is 68.0 Å². The number of amides is 5. The molecule has 1 fully saturated rings. The average Bonchev–Trinajstić information content (AvgIpc) is 2.53. The lowest BCUT2D eigenvalue weighted by molar-refractivity contribution is -0.143. The molecule has 10 heteroatoms. The smallest absolute Gasteiger partial charge is 0.242 e. The Morgan fingerprint density at radius 1 is 0.400 bits per heavy atom. The van der Waals surface area contributed by atoms with Gasteiger partial charge in [0.15, 0.2) is 0 Å². The molecule has 25 heavy (non-hydrogen) atoms. The first kappa shape index (κ1) is 20.4. The van der Waals surface area contributed by atoms with Crippen LogP contribution in [0.3, 0.4) is 0 Å². The Hall–Kier alpha value is -2.65. The molecule has 0 saturated carbocycles. The van der Waals surface area contributed by atoms with Crippen molar-refractivity contribution in [2.45, 2.75) is 0 Å². The van der Waals surface area contributed by atoms with Gasteiger partial charge in [0.1, 0.15) is 0 Å². The third-order valence-electron chi connectivity index (χ3n) is 3.99. The van der Waals surface area contributed by atoms with Crippen LogP contribution in [0.25, 0.3) is 0 Å². The first-order chi connectivity index (χ1) is 11.5. The molecule has 0 radical (unpaired) electrons. The van der Waals surface area contributed by atoms with E-state index in [1.807, 2.05) is 0 Å². The standard InChI is InChI=1S/C15H25N5O5/c1-16-6-12(22)18(3)8-14(24)20(5)10-15(25)19(4)9-13(23)17(2)7-11(16)21/h6-10H2,1-5H3. The lowest BCUT2D eigenvalue weighted by atomic mass is 10.4. The monoisotopic (exact) mass is 355 g/mol. The highest BCUT2D eigenvalue weighted by Gasteiger charge is 2.25. The third kappa shape index (κ3) is 5.73. The van der Waals surface area contributed by atoms with Crippen molar-refractivity contribution in [1.82, 2.24) is 24.5 Å². The van der Waals surface area contributed by atoms with Crippen LogP contribution in [0.4, 0.5) is 0 Å². The van der Waals surface area contributed by atoms with Gasteiger partial charge in [-0.05, 0) is 0 Å². The van der Waals surface area contributed by atoms with Crippen molar-refractivity contribution in [1.29, 1.82) is 0 Å². The van der Waals surface area contributed by atoms with Crippen molar-refractivity contribution < 1.29 is 24.0 Å². The molecule has 10 nitrogen and oxygen atoms in total. The number of rotatable bonds is 0. The van der Waals surface area contributed by atoms with Crippen LogP contribution in [0.2, 0.25) is 0 Å². The summed E-state index contributed by atoms with van der Waals surface area (Å²) in [7, 11) is 7.26. The minimum atomic E-state index is -0.412. The van der Waals surface area contributed by atoms with Crippen LogP contribution in [0.1, 0.15) is 0 Å². The lowest BCUT2D eigenvalue weighted by Gasteiger charge is -2.24. The van der Waals surface area contributed by atoms with Crippen LogP contribution in [-0.2, 0) is 24.0 Å². The second-order valence-corrected chi connectivity index (χ2v) is 6.25. The molecule has 0 N–H and O–H groups in total. The molecule has 1 rings (SSSR count). The normalized spacial score (nSPS) is 20.2. The molecule has 0 aromatic carbocycles. The van der Waals surface area contributed by atoms with Gasteiger partial charge in [0, 0.05) is 35.2 Å². The lowest BCUT2D eigenvalue weighted by Crippen LogP contribution is -2.46. The first-order valence-electron chi connectivity index (χ1n) is 7.72. The molecule has 0 atom stereocenters. The van der Waals surface area contributed by atoms with E-state index in [9.17, 15) is 24.0 Å². The number of hydrogen-bond acceptors (Lipinski definition) is 5. The summed E-state index contributed by atoms with van der Waals surface area (Å²) >= 11 is 0. The van der Waals surface area contributed by atoms with Crippen molar-refractivity contribution >= 4 is 29.5 Å². The molecule has 5 amide bonds. The molecule has 0 bridgehead atoms. The molecule has 0 aliphatic carbocycles. The Morgan fingerprint density at radius 3 is 0.640 bits per heavy atom. The van der Waals surface area contributed by atoms with E-state index in [4.69, 9.17) is 0 Å². The van der Waals surface area contributed by atoms with Gasteiger partial charge in [-0.2, -0.15) is 0 Å². The predicted octanol–water partition coefficient (Wildman–Crippen LogP) is -2.71. The average molecular weight is 355 g/mol. The fourth-order valence-electron chi connectivity index (χ4n) is 2.06. The van der Waals surface area contributed by atoms with Gasteiger partial charge in [-0.3, -0.25) is 24.0 Å². The zero-order valence-corrected chi connectivity index (χ0v) is 15.3. The molecule has 1 saturated heterocycles. The predicted molar refractivity (Wildman–Crippen MR) is 88.2 cm³/mol. The van der Waals surface area contributed by atoms with E-state index in [1.165, 1.54) is 59.7 Å². The molecule has 0 aromatic rings. The second-order valence-electron chi connectivity index (χ2n) is 6.25. The quantitative estimate of drug-likeness (QED) is 0.470. The summed E-state index contributed by atoms with van der Waals surface area (Å²) in [5, 5.41) is 0. The van der Waals surface area contributed by atoms with Gasteiger partial charge < -0.3 is 24.5 Å². The molecule has 0 unspecified atom stereocenters.